The minimum absolute atomic E-state index is 0.195. The molecule has 0 radical (unpaired) electrons. The number of rotatable bonds is 4. The smallest absolute Gasteiger partial charge is 0.328 e. The van der Waals surface area contributed by atoms with Gasteiger partial charge in [0.1, 0.15) is 0 Å². The van der Waals surface area contributed by atoms with Crippen LogP contribution in [0.25, 0.3) is 0 Å². The van der Waals surface area contributed by atoms with E-state index in [1.807, 2.05) is 50.3 Å². The van der Waals surface area contributed by atoms with Crippen LogP contribution in [0.15, 0.2) is 48.6 Å². The highest BCUT2D eigenvalue weighted by Gasteiger charge is 2.38. The largest absolute Gasteiger partial charge is 0.331 e. The lowest BCUT2D eigenvalue weighted by Crippen LogP contribution is -2.36. The Labute approximate surface area is 122 Å². The Hall–Kier alpha value is -0.730. The zero-order valence-corrected chi connectivity index (χ0v) is 13.4. The Morgan fingerprint density at radius 1 is 0.850 bits per heavy atom. The molecule has 2 aliphatic rings. The molecule has 0 aliphatic heterocycles. The molecule has 0 amide bonds. The first-order chi connectivity index (χ1) is 9.36. The molecule has 110 valence electrons. The molecule has 0 fully saturated rings. The fourth-order valence-electron chi connectivity index (χ4n) is 2.22. The second kappa shape index (κ2) is 5.95. The summed E-state index contributed by atoms with van der Waals surface area (Å²) in [5, 5.41) is 0. The summed E-state index contributed by atoms with van der Waals surface area (Å²) in [6.07, 6.45) is 15.9. The van der Waals surface area contributed by atoms with E-state index in [2.05, 4.69) is 26.0 Å². The molecule has 2 rings (SSSR count). The summed E-state index contributed by atoms with van der Waals surface area (Å²) in [4.78, 5) is 10.2. The van der Waals surface area contributed by atoms with Gasteiger partial charge < -0.3 is 13.9 Å². The van der Waals surface area contributed by atoms with Gasteiger partial charge in [0.05, 0.1) is 11.2 Å². The van der Waals surface area contributed by atoms with E-state index in [1.54, 1.807) is 0 Å². The van der Waals surface area contributed by atoms with Crippen molar-refractivity contribution in [3.8, 4) is 0 Å². The van der Waals surface area contributed by atoms with Crippen LogP contribution in [0.1, 0.15) is 27.7 Å². The van der Waals surface area contributed by atoms with Crippen molar-refractivity contribution in [2.24, 2.45) is 11.8 Å². The lowest BCUT2D eigenvalue weighted by Gasteiger charge is -2.38. The Balaban J connectivity index is 2.01. The van der Waals surface area contributed by atoms with Crippen molar-refractivity contribution < 1.29 is 13.9 Å². The number of hydrogen-bond donors (Lipinski definition) is 1. The van der Waals surface area contributed by atoms with Crippen molar-refractivity contribution >= 4 is 8.60 Å². The van der Waals surface area contributed by atoms with E-state index in [4.69, 9.17) is 9.05 Å². The predicted octanol–water partition coefficient (Wildman–Crippen LogP) is 4.28. The summed E-state index contributed by atoms with van der Waals surface area (Å²) in [5.74, 6) is 0.389. The first-order valence-electron chi connectivity index (χ1n) is 6.95. The van der Waals surface area contributed by atoms with Crippen LogP contribution >= 0.6 is 8.60 Å². The highest BCUT2D eigenvalue weighted by atomic mass is 31.2. The molecular weight excluding hydrogens is 271 g/mol. The van der Waals surface area contributed by atoms with Gasteiger partial charge in [0.15, 0.2) is 0 Å². The van der Waals surface area contributed by atoms with E-state index < -0.39 is 19.8 Å². The maximum atomic E-state index is 10.2. The van der Waals surface area contributed by atoms with E-state index in [0.717, 1.165) is 0 Å². The molecule has 0 heterocycles. The summed E-state index contributed by atoms with van der Waals surface area (Å²) >= 11 is 0. The fraction of sp³-hybridized carbons (Fsp3) is 0.500. The molecule has 20 heavy (non-hydrogen) atoms. The quantitative estimate of drug-likeness (QED) is 0.786. The van der Waals surface area contributed by atoms with Crippen LogP contribution in [0.5, 0.6) is 0 Å². The molecule has 2 aliphatic carbocycles. The maximum absolute atomic E-state index is 10.2. The Morgan fingerprint density at radius 3 is 1.60 bits per heavy atom. The zero-order valence-electron chi connectivity index (χ0n) is 12.5. The van der Waals surface area contributed by atoms with Gasteiger partial charge in [-0.2, -0.15) is 0 Å². The minimum Gasteiger partial charge on any atom is -0.328 e. The van der Waals surface area contributed by atoms with Crippen LogP contribution < -0.4 is 0 Å². The lowest BCUT2D eigenvalue weighted by molar-refractivity contribution is 0.0252. The van der Waals surface area contributed by atoms with E-state index >= 15 is 0 Å². The molecule has 0 saturated heterocycles. The van der Waals surface area contributed by atoms with E-state index in [1.165, 1.54) is 0 Å². The summed E-state index contributed by atoms with van der Waals surface area (Å²) in [7, 11) is -1.95. The van der Waals surface area contributed by atoms with Gasteiger partial charge in [-0.25, -0.2) is 0 Å². The zero-order chi connectivity index (χ0) is 14.8. The highest BCUT2D eigenvalue weighted by molar-refractivity contribution is 7.40. The van der Waals surface area contributed by atoms with Crippen molar-refractivity contribution in [1.82, 2.24) is 0 Å². The van der Waals surface area contributed by atoms with Crippen molar-refractivity contribution in [3.63, 3.8) is 0 Å². The summed E-state index contributed by atoms with van der Waals surface area (Å²) in [6.45, 7) is 8.07. The molecule has 3 nitrogen and oxygen atoms in total. The van der Waals surface area contributed by atoms with Crippen molar-refractivity contribution in [2.75, 3.05) is 0 Å². The van der Waals surface area contributed by atoms with Gasteiger partial charge >= 0.3 is 8.60 Å². The molecule has 0 bridgehead atoms. The maximum Gasteiger partial charge on any atom is 0.331 e. The molecule has 0 aromatic rings. The van der Waals surface area contributed by atoms with Crippen LogP contribution in [0.2, 0.25) is 0 Å². The normalized spacial score (nSPS) is 41.0. The third-order valence-electron chi connectivity index (χ3n) is 4.23. The molecule has 0 aromatic carbocycles. The van der Waals surface area contributed by atoms with Gasteiger partial charge in [-0.05, 0) is 13.8 Å². The third kappa shape index (κ3) is 3.29. The highest BCUT2D eigenvalue weighted by Crippen LogP contribution is 2.48. The topological polar surface area (TPSA) is 38.7 Å². The first kappa shape index (κ1) is 15.7. The van der Waals surface area contributed by atoms with Gasteiger partial charge in [-0.15, -0.1) is 0 Å². The van der Waals surface area contributed by atoms with E-state index in [9.17, 15) is 4.89 Å². The lowest BCUT2D eigenvalue weighted by atomic mass is 9.87. The average molecular weight is 294 g/mol. The minimum atomic E-state index is -1.95. The summed E-state index contributed by atoms with van der Waals surface area (Å²) in [6, 6.07) is 0. The molecule has 1 N–H and O–H groups in total. The SMILES string of the molecule is CC1C=CC=CC1(C)OP(O)OC1(C)C=CC=CC1C. The fourth-order valence-corrected chi connectivity index (χ4v) is 3.39. The van der Waals surface area contributed by atoms with Crippen LogP contribution in [0.3, 0.4) is 0 Å². The van der Waals surface area contributed by atoms with Gasteiger partial charge in [-0.1, -0.05) is 62.5 Å². The van der Waals surface area contributed by atoms with E-state index in [0.29, 0.717) is 0 Å². The third-order valence-corrected chi connectivity index (χ3v) is 5.33. The van der Waals surface area contributed by atoms with Gasteiger partial charge in [-0.3, -0.25) is 0 Å². The summed E-state index contributed by atoms with van der Waals surface area (Å²) < 4.78 is 11.6. The van der Waals surface area contributed by atoms with Gasteiger partial charge in [0.2, 0.25) is 0 Å². The molecule has 0 spiro atoms. The molecule has 4 unspecified atom stereocenters. The van der Waals surface area contributed by atoms with Crippen LogP contribution in [-0.4, -0.2) is 16.1 Å². The second-order valence-electron chi connectivity index (χ2n) is 5.85. The first-order valence-corrected chi connectivity index (χ1v) is 8.08. The van der Waals surface area contributed by atoms with Gasteiger partial charge in [0.25, 0.3) is 0 Å². The Bertz CT molecular complexity index is 426. The van der Waals surface area contributed by atoms with Crippen LogP contribution in [0, 0.1) is 11.8 Å². The molecule has 4 heteroatoms. The molecule has 0 saturated carbocycles. The molecule has 4 atom stereocenters. The van der Waals surface area contributed by atoms with Gasteiger partial charge in [0, 0.05) is 11.8 Å². The average Bonchev–Trinajstić information content (AvgIpc) is 2.36. The van der Waals surface area contributed by atoms with Crippen molar-refractivity contribution in [1.29, 1.82) is 0 Å². The standard InChI is InChI=1S/C16H23O3P/c1-13-9-5-7-11-15(13,3)18-20(17)19-16(4)12-8-6-10-14(16)2/h5-14,17H,1-4H3. The second-order valence-corrected chi connectivity index (χ2v) is 6.69. The number of allylic oxidation sites excluding steroid dienone is 4. The predicted molar refractivity (Wildman–Crippen MR) is 83.0 cm³/mol. The van der Waals surface area contributed by atoms with E-state index in [-0.39, 0.29) is 11.8 Å². The number of hydrogen-bond acceptors (Lipinski definition) is 3. The Morgan fingerprint density at radius 2 is 1.25 bits per heavy atom. The van der Waals surface area contributed by atoms with Crippen LogP contribution in [0.4, 0.5) is 0 Å². The Kier molecular flexibility index (Phi) is 4.66. The van der Waals surface area contributed by atoms with Crippen molar-refractivity contribution in [2.45, 2.75) is 38.9 Å². The molecular formula is C16H23O3P. The summed E-state index contributed by atoms with van der Waals surface area (Å²) in [5.41, 5.74) is -1.05. The molecule has 0 aromatic heterocycles. The van der Waals surface area contributed by atoms with Crippen molar-refractivity contribution in [3.05, 3.63) is 48.6 Å². The van der Waals surface area contributed by atoms with Crippen LogP contribution in [-0.2, 0) is 9.05 Å². The monoisotopic (exact) mass is 294 g/mol.